The number of nitrogens with zero attached hydrogens (tertiary/aromatic N) is 1. The highest BCUT2D eigenvalue weighted by Gasteiger charge is 2.37. The topological polar surface area (TPSA) is 95.6 Å². The molecule has 2 amide bonds. The van der Waals surface area contributed by atoms with Crippen molar-refractivity contribution < 1.29 is 18.0 Å². The van der Waals surface area contributed by atoms with Gasteiger partial charge in [-0.1, -0.05) is 31.2 Å². The minimum absolute atomic E-state index is 0.0697. The molecule has 1 heterocycles. The molecule has 0 saturated carbocycles. The quantitative estimate of drug-likeness (QED) is 0.707. The summed E-state index contributed by atoms with van der Waals surface area (Å²) in [5.41, 5.74) is 2.47. The molecule has 2 aromatic carbocycles. The highest BCUT2D eigenvalue weighted by atomic mass is 32.2. The van der Waals surface area contributed by atoms with E-state index >= 15 is 0 Å². The van der Waals surface area contributed by atoms with Crippen LogP contribution in [0.4, 0.5) is 5.69 Å². The molecule has 8 heteroatoms. The Labute approximate surface area is 177 Å². The van der Waals surface area contributed by atoms with Crippen LogP contribution in [0.25, 0.3) is 0 Å². The lowest BCUT2D eigenvalue weighted by molar-refractivity contribution is -0.122. The summed E-state index contributed by atoms with van der Waals surface area (Å²) in [5.74, 6) is -0.392. The molecule has 0 aliphatic carbocycles. The van der Waals surface area contributed by atoms with E-state index < -0.39 is 16.1 Å². The highest BCUT2D eigenvalue weighted by Crippen LogP contribution is 2.36. The lowest BCUT2D eigenvalue weighted by Gasteiger charge is -2.36. The standard InChI is InChI=1S/C22H27N3O4S/c1-3-13-23-22(27)15-21-20-7-5-4-6-17(20)12-14-25(21)30(28,29)19-10-8-18(9-11-19)24-16(2)26/h4-11,21H,3,12-15H2,1-2H3,(H,23,27)(H,24,26). The van der Waals surface area contributed by atoms with E-state index in [9.17, 15) is 18.0 Å². The van der Waals surface area contributed by atoms with Crippen molar-refractivity contribution in [3.05, 3.63) is 59.7 Å². The lowest BCUT2D eigenvalue weighted by atomic mass is 9.92. The fraction of sp³-hybridized carbons (Fsp3) is 0.364. The maximum atomic E-state index is 13.4. The van der Waals surface area contributed by atoms with Crippen LogP contribution in [0.15, 0.2) is 53.4 Å². The number of hydrogen-bond donors (Lipinski definition) is 2. The SMILES string of the molecule is CCCNC(=O)CC1c2ccccc2CCN1S(=O)(=O)c1ccc(NC(C)=O)cc1. The molecule has 30 heavy (non-hydrogen) atoms. The third kappa shape index (κ3) is 4.88. The van der Waals surface area contributed by atoms with Gasteiger partial charge in [0.05, 0.1) is 10.9 Å². The second kappa shape index (κ2) is 9.40. The molecule has 0 spiro atoms. The number of amides is 2. The monoisotopic (exact) mass is 429 g/mol. The number of carbonyl (C=O) groups is 2. The Morgan fingerprint density at radius 2 is 1.80 bits per heavy atom. The second-order valence-corrected chi connectivity index (χ2v) is 9.23. The first-order chi connectivity index (χ1) is 14.3. The smallest absolute Gasteiger partial charge is 0.243 e. The molecule has 0 radical (unpaired) electrons. The predicted octanol–water partition coefficient (Wildman–Crippen LogP) is 2.85. The van der Waals surface area contributed by atoms with Gasteiger partial charge < -0.3 is 10.6 Å². The van der Waals surface area contributed by atoms with E-state index in [1.807, 2.05) is 31.2 Å². The molecule has 1 aliphatic rings. The normalized spacial score (nSPS) is 16.5. The van der Waals surface area contributed by atoms with Gasteiger partial charge in [0.15, 0.2) is 0 Å². The van der Waals surface area contributed by atoms with Crippen molar-refractivity contribution in [3.8, 4) is 0 Å². The second-order valence-electron chi connectivity index (χ2n) is 7.34. The van der Waals surface area contributed by atoms with E-state index in [0.717, 1.165) is 17.5 Å². The number of nitrogens with one attached hydrogen (secondary N) is 2. The molecular weight excluding hydrogens is 402 g/mol. The molecule has 1 atom stereocenters. The van der Waals surface area contributed by atoms with Crippen molar-refractivity contribution in [2.45, 2.75) is 44.0 Å². The average molecular weight is 430 g/mol. The minimum atomic E-state index is -3.82. The van der Waals surface area contributed by atoms with Gasteiger partial charge in [-0.3, -0.25) is 9.59 Å². The first kappa shape index (κ1) is 22.0. The van der Waals surface area contributed by atoms with E-state index in [4.69, 9.17) is 0 Å². The molecule has 0 saturated heterocycles. The van der Waals surface area contributed by atoms with Gasteiger partial charge in [-0.25, -0.2) is 8.42 Å². The Balaban J connectivity index is 1.92. The van der Waals surface area contributed by atoms with Crippen LogP contribution in [0.1, 0.15) is 43.9 Å². The first-order valence-corrected chi connectivity index (χ1v) is 11.5. The Morgan fingerprint density at radius 1 is 1.10 bits per heavy atom. The number of rotatable bonds is 7. The van der Waals surface area contributed by atoms with E-state index in [0.29, 0.717) is 25.2 Å². The summed E-state index contributed by atoms with van der Waals surface area (Å²) < 4.78 is 28.3. The van der Waals surface area contributed by atoms with Crippen LogP contribution in [-0.2, 0) is 26.0 Å². The molecule has 2 N–H and O–H groups in total. The fourth-order valence-electron chi connectivity index (χ4n) is 3.69. The fourth-order valence-corrected chi connectivity index (χ4v) is 5.29. The van der Waals surface area contributed by atoms with Gasteiger partial charge in [-0.05, 0) is 48.2 Å². The van der Waals surface area contributed by atoms with Crippen LogP contribution in [-0.4, -0.2) is 37.6 Å². The molecule has 1 aliphatic heterocycles. The minimum Gasteiger partial charge on any atom is -0.356 e. The number of hydrogen-bond acceptors (Lipinski definition) is 4. The summed E-state index contributed by atoms with van der Waals surface area (Å²) in [7, 11) is -3.82. The van der Waals surface area contributed by atoms with Crippen molar-refractivity contribution in [1.82, 2.24) is 9.62 Å². The Kier molecular flexibility index (Phi) is 6.89. The molecule has 3 rings (SSSR count). The van der Waals surface area contributed by atoms with Gasteiger partial charge in [0.1, 0.15) is 0 Å². The van der Waals surface area contributed by atoms with Crippen LogP contribution in [0, 0.1) is 0 Å². The molecule has 160 valence electrons. The molecule has 0 bridgehead atoms. The van der Waals surface area contributed by atoms with Crippen LogP contribution < -0.4 is 10.6 Å². The van der Waals surface area contributed by atoms with Crippen LogP contribution in [0.2, 0.25) is 0 Å². The van der Waals surface area contributed by atoms with E-state index in [2.05, 4.69) is 10.6 Å². The van der Waals surface area contributed by atoms with Gasteiger partial charge in [0, 0.05) is 32.1 Å². The van der Waals surface area contributed by atoms with E-state index in [1.54, 1.807) is 12.1 Å². The van der Waals surface area contributed by atoms with Gasteiger partial charge in [0.25, 0.3) is 0 Å². The van der Waals surface area contributed by atoms with Crippen molar-refractivity contribution in [3.63, 3.8) is 0 Å². The maximum absolute atomic E-state index is 13.4. The molecule has 7 nitrogen and oxygen atoms in total. The van der Waals surface area contributed by atoms with Crippen LogP contribution in [0.3, 0.4) is 0 Å². The van der Waals surface area contributed by atoms with Gasteiger partial charge >= 0.3 is 0 Å². The summed E-state index contributed by atoms with van der Waals surface area (Å²) in [5, 5.41) is 5.48. The van der Waals surface area contributed by atoms with Crippen molar-refractivity contribution in [2.24, 2.45) is 0 Å². The number of anilines is 1. The maximum Gasteiger partial charge on any atom is 0.243 e. The van der Waals surface area contributed by atoms with Gasteiger partial charge in [-0.15, -0.1) is 0 Å². The Bertz CT molecular complexity index is 1020. The molecule has 2 aromatic rings. The zero-order valence-corrected chi connectivity index (χ0v) is 18.0. The molecule has 0 aromatic heterocycles. The highest BCUT2D eigenvalue weighted by molar-refractivity contribution is 7.89. The third-order valence-corrected chi connectivity index (χ3v) is 7.02. The van der Waals surface area contributed by atoms with E-state index in [-0.39, 0.29) is 23.1 Å². The largest absolute Gasteiger partial charge is 0.356 e. The number of fused-ring (bicyclic) bond motifs is 1. The van der Waals surface area contributed by atoms with E-state index in [1.165, 1.54) is 23.4 Å². The number of sulfonamides is 1. The van der Waals surface area contributed by atoms with Crippen molar-refractivity contribution >= 4 is 27.5 Å². The summed E-state index contributed by atoms with van der Waals surface area (Å²) in [4.78, 5) is 23.8. The molecule has 1 unspecified atom stereocenters. The zero-order valence-electron chi connectivity index (χ0n) is 17.2. The number of carbonyl (C=O) groups excluding carboxylic acids is 2. The number of benzene rings is 2. The Morgan fingerprint density at radius 3 is 2.47 bits per heavy atom. The summed E-state index contributed by atoms with van der Waals surface area (Å²) in [6.45, 7) is 4.23. The third-order valence-electron chi connectivity index (χ3n) is 5.10. The van der Waals surface area contributed by atoms with Crippen molar-refractivity contribution in [1.29, 1.82) is 0 Å². The molecular formula is C22H27N3O4S. The zero-order chi connectivity index (χ0) is 21.7. The lowest BCUT2D eigenvalue weighted by Crippen LogP contribution is -2.42. The average Bonchev–Trinajstić information content (AvgIpc) is 2.72. The summed E-state index contributed by atoms with van der Waals surface area (Å²) >= 11 is 0. The van der Waals surface area contributed by atoms with Gasteiger partial charge in [-0.2, -0.15) is 4.31 Å². The first-order valence-electron chi connectivity index (χ1n) is 10.1. The van der Waals surface area contributed by atoms with Crippen LogP contribution in [0.5, 0.6) is 0 Å². The Hall–Kier alpha value is -2.71. The van der Waals surface area contributed by atoms with Gasteiger partial charge in [0.2, 0.25) is 21.8 Å². The molecule has 0 fully saturated rings. The van der Waals surface area contributed by atoms with Crippen LogP contribution >= 0.6 is 0 Å². The summed E-state index contributed by atoms with van der Waals surface area (Å²) in [6, 6.07) is 13.2. The summed E-state index contributed by atoms with van der Waals surface area (Å²) in [6.07, 6.45) is 1.47. The predicted molar refractivity (Wildman–Crippen MR) is 115 cm³/mol. The van der Waals surface area contributed by atoms with Crippen molar-refractivity contribution in [2.75, 3.05) is 18.4 Å².